The Labute approximate surface area is 172 Å². The lowest BCUT2D eigenvalue weighted by atomic mass is 10.0. The van der Waals surface area contributed by atoms with E-state index in [4.69, 9.17) is 0 Å². The van der Waals surface area contributed by atoms with Crippen LogP contribution in [0.2, 0.25) is 0 Å². The Morgan fingerprint density at radius 2 is 1.90 bits per heavy atom. The Bertz CT molecular complexity index is 1410. The number of carbonyl (C=O) groups is 1. The van der Waals surface area contributed by atoms with Crippen LogP contribution in [0.25, 0.3) is 21.8 Å². The monoisotopic (exact) mass is 405 g/mol. The van der Waals surface area contributed by atoms with Crippen molar-refractivity contribution in [2.45, 2.75) is 33.2 Å². The number of nitrogens with one attached hydrogen (secondary N) is 2. The number of aromatic amines is 1. The molecule has 8 nitrogen and oxygen atoms in total. The van der Waals surface area contributed by atoms with Crippen molar-refractivity contribution in [3.63, 3.8) is 0 Å². The first kappa shape index (κ1) is 19.6. The van der Waals surface area contributed by atoms with Crippen LogP contribution in [0.3, 0.4) is 0 Å². The molecular weight excluding hydrogens is 382 g/mol. The average Bonchev–Trinajstić information content (AvgIpc) is 2.97. The molecule has 0 aliphatic heterocycles. The Balaban J connectivity index is 1.66. The highest BCUT2D eigenvalue weighted by Gasteiger charge is 2.16. The molecule has 0 aliphatic rings. The predicted octanol–water partition coefficient (Wildman–Crippen LogP) is 2.65. The van der Waals surface area contributed by atoms with Crippen LogP contribution in [0.15, 0.2) is 46.0 Å². The summed E-state index contributed by atoms with van der Waals surface area (Å²) < 4.78 is 2.71. The second kappa shape index (κ2) is 7.29. The van der Waals surface area contributed by atoms with Crippen LogP contribution in [0.5, 0.6) is 0 Å². The van der Waals surface area contributed by atoms with Crippen LogP contribution in [0, 0.1) is 6.92 Å². The topological polar surface area (TPSA) is 102 Å². The highest BCUT2D eigenvalue weighted by atomic mass is 16.2. The van der Waals surface area contributed by atoms with Gasteiger partial charge in [-0.3, -0.25) is 14.2 Å². The third-order valence-corrected chi connectivity index (χ3v) is 5.17. The number of nitrogens with zero attached hydrogens (tertiary/aromatic N) is 3. The number of imidazole rings is 1. The van der Waals surface area contributed by atoms with E-state index in [9.17, 15) is 14.4 Å². The largest absolute Gasteiger partial charge is 0.326 e. The molecule has 0 saturated carbocycles. The van der Waals surface area contributed by atoms with Gasteiger partial charge in [-0.15, -0.1) is 0 Å². The molecule has 4 rings (SSSR count). The van der Waals surface area contributed by atoms with Gasteiger partial charge in [-0.05, 0) is 43.2 Å². The first-order valence-electron chi connectivity index (χ1n) is 9.74. The van der Waals surface area contributed by atoms with Gasteiger partial charge in [0.05, 0.1) is 22.1 Å². The number of fused-ring (bicyclic) bond motifs is 2. The van der Waals surface area contributed by atoms with Gasteiger partial charge in [-0.2, -0.15) is 5.10 Å². The van der Waals surface area contributed by atoms with E-state index in [0.29, 0.717) is 16.6 Å². The molecule has 0 saturated heterocycles. The summed E-state index contributed by atoms with van der Waals surface area (Å²) >= 11 is 0. The maximum atomic E-state index is 12.9. The molecule has 2 N–H and O–H groups in total. The Morgan fingerprint density at radius 3 is 2.63 bits per heavy atom. The maximum Gasteiger partial charge on any atom is 0.326 e. The van der Waals surface area contributed by atoms with Crippen molar-refractivity contribution in [2.24, 2.45) is 7.05 Å². The second-order valence-corrected chi connectivity index (χ2v) is 7.82. The van der Waals surface area contributed by atoms with Crippen molar-refractivity contribution in [3.05, 3.63) is 68.5 Å². The lowest BCUT2D eigenvalue weighted by molar-refractivity contribution is -0.117. The number of carbonyl (C=O) groups excluding carboxylic acids is 1. The summed E-state index contributed by atoms with van der Waals surface area (Å²) in [5.74, 6) is -0.273. The fraction of sp³-hybridized carbons (Fsp3) is 0.273. The van der Waals surface area contributed by atoms with Gasteiger partial charge >= 0.3 is 5.69 Å². The minimum Gasteiger partial charge on any atom is -0.324 e. The van der Waals surface area contributed by atoms with Crippen LogP contribution >= 0.6 is 0 Å². The van der Waals surface area contributed by atoms with Crippen LogP contribution in [0.4, 0.5) is 5.69 Å². The Kier molecular flexibility index (Phi) is 4.77. The van der Waals surface area contributed by atoms with Crippen LogP contribution in [-0.2, 0) is 18.4 Å². The number of benzene rings is 2. The smallest absolute Gasteiger partial charge is 0.324 e. The minimum absolute atomic E-state index is 0.0986. The number of rotatable bonds is 4. The number of anilines is 1. The molecule has 0 spiro atoms. The van der Waals surface area contributed by atoms with Crippen molar-refractivity contribution >= 4 is 33.4 Å². The first-order chi connectivity index (χ1) is 14.2. The average molecular weight is 405 g/mol. The van der Waals surface area contributed by atoms with E-state index in [-0.39, 0.29) is 29.6 Å². The molecule has 0 aliphatic carbocycles. The molecule has 2 aromatic heterocycles. The molecule has 154 valence electrons. The van der Waals surface area contributed by atoms with E-state index < -0.39 is 0 Å². The number of H-pyrrole nitrogens is 1. The third-order valence-electron chi connectivity index (χ3n) is 5.17. The van der Waals surface area contributed by atoms with E-state index in [2.05, 4.69) is 15.4 Å². The molecule has 0 fully saturated rings. The van der Waals surface area contributed by atoms with Gasteiger partial charge in [0.15, 0.2) is 0 Å². The molecule has 0 unspecified atom stereocenters. The normalized spacial score (nSPS) is 11.5. The standard InChI is InChI=1S/C22H23N5O3/c1-12(2)20-16-9-13(3)5-7-15(16)21(29)27(25-20)11-19(28)23-14-6-8-18-17(10-14)24-22(30)26(18)4/h5-10,12H,11H2,1-4H3,(H,23,28)(H,24,30). The van der Waals surface area contributed by atoms with Crippen LogP contribution < -0.4 is 16.6 Å². The van der Waals surface area contributed by atoms with Gasteiger partial charge in [-0.1, -0.05) is 25.5 Å². The summed E-state index contributed by atoms with van der Waals surface area (Å²) in [7, 11) is 1.67. The van der Waals surface area contributed by atoms with E-state index >= 15 is 0 Å². The van der Waals surface area contributed by atoms with Crippen molar-refractivity contribution in [1.29, 1.82) is 0 Å². The number of aryl methyl sites for hydroxylation is 2. The van der Waals surface area contributed by atoms with E-state index in [0.717, 1.165) is 22.2 Å². The predicted molar refractivity (Wildman–Crippen MR) is 117 cm³/mol. The van der Waals surface area contributed by atoms with Crippen molar-refractivity contribution in [2.75, 3.05) is 5.32 Å². The zero-order chi connectivity index (χ0) is 21.6. The molecule has 0 radical (unpaired) electrons. The van der Waals surface area contributed by atoms with Crippen LogP contribution in [0.1, 0.15) is 31.0 Å². The number of amides is 1. The van der Waals surface area contributed by atoms with Gasteiger partial charge in [0.2, 0.25) is 5.91 Å². The Morgan fingerprint density at radius 1 is 1.13 bits per heavy atom. The molecule has 4 aromatic rings. The maximum absolute atomic E-state index is 12.9. The third kappa shape index (κ3) is 3.41. The molecule has 8 heteroatoms. The zero-order valence-electron chi connectivity index (χ0n) is 17.3. The quantitative estimate of drug-likeness (QED) is 0.545. The molecule has 30 heavy (non-hydrogen) atoms. The summed E-state index contributed by atoms with van der Waals surface area (Å²) in [6.45, 7) is 5.79. The van der Waals surface area contributed by atoms with Gasteiger partial charge < -0.3 is 10.3 Å². The number of hydrogen-bond acceptors (Lipinski definition) is 4. The minimum atomic E-state index is -0.372. The fourth-order valence-corrected chi connectivity index (χ4v) is 3.61. The fourth-order valence-electron chi connectivity index (χ4n) is 3.61. The van der Waals surface area contributed by atoms with Gasteiger partial charge in [0.25, 0.3) is 5.56 Å². The van der Waals surface area contributed by atoms with Gasteiger partial charge in [0, 0.05) is 18.1 Å². The van der Waals surface area contributed by atoms with Crippen molar-refractivity contribution < 1.29 is 4.79 Å². The summed E-state index contributed by atoms with van der Waals surface area (Å²) in [5.41, 5.74) is 3.20. The lowest BCUT2D eigenvalue weighted by Crippen LogP contribution is -2.31. The molecule has 0 atom stereocenters. The van der Waals surface area contributed by atoms with Crippen molar-refractivity contribution in [1.82, 2.24) is 19.3 Å². The SMILES string of the molecule is Cc1ccc2c(=O)n(CC(=O)Nc3ccc4c(c3)[nH]c(=O)n4C)nc(C(C)C)c2c1. The second-order valence-electron chi connectivity index (χ2n) is 7.82. The van der Waals surface area contributed by atoms with Gasteiger partial charge in [0.1, 0.15) is 6.54 Å². The highest BCUT2D eigenvalue weighted by Crippen LogP contribution is 2.22. The first-order valence-corrected chi connectivity index (χ1v) is 9.74. The lowest BCUT2D eigenvalue weighted by Gasteiger charge is -2.14. The van der Waals surface area contributed by atoms with Gasteiger partial charge in [-0.25, -0.2) is 9.48 Å². The molecule has 0 bridgehead atoms. The molecular formula is C22H23N5O3. The summed E-state index contributed by atoms with van der Waals surface area (Å²) in [4.78, 5) is 40.0. The molecule has 2 aromatic carbocycles. The molecule has 2 heterocycles. The highest BCUT2D eigenvalue weighted by molar-refractivity contribution is 5.93. The van der Waals surface area contributed by atoms with E-state index in [1.165, 1.54) is 9.25 Å². The van der Waals surface area contributed by atoms with E-state index in [1.807, 2.05) is 32.9 Å². The molecule has 1 amide bonds. The summed E-state index contributed by atoms with van der Waals surface area (Å²) in [6, 6.07) is 10.8. The summed E-state index contributed by atoms with van der Waals surface area (Å²) in [6.07, 6.45) is 0. The summed E-state index contributed by atoms with van der Waals surface area (Å²) in [5, 5.41) is 8.63. The Hall–Kier alpha value is -3.68. The zero-order valence-corrected chi connectivity index (χ0v) is 17.3. The van der Waals surface area contributed by atoms with E-state index in [1.54, 1.807) is 31.3 Å². The number of aromatic nitrogens is 4. The van der Waals surface area contributed by atoms with Crippen molar-refractivity contribution in [3.8, 4) is 0 Å². The van der Waals surface area contributed by atoms with Crippen LogP contribution in [-0.4, -0.2) is 25.2 Å². The number of hydrogen-bond donors (Lipinski definition) is 2.